The predicted octanol–water partition coefficient (Wildman–Crippen LogP) is 2.37. The molecule has 0 saturated carbocycles. The maximum Gasteiger partial charge on any atom is 0.144 e. The van der Waals surface area contributed by atoms with E-state index in [0.717, 1.165) is 12.5 Å². The normalized spacial score (nSPS) is 8.62. The topological polar surface area (TPSA) is 34.1 Å². The molecule has 0 unspecified atom stereocenters. The van der Waals surface area contributed by atoms with Gasteiger partial charge in [0.05, 0.1) is 0 Å². The molecular formula is C10H18O2S. The van der Waals surface area contributed by atoms with E-state index < -0.39 is 9.84 Å². The van der Waals surface area contributed by atoms with E-state index >= 15 is 0 Å². The second-order valence-electron chi connectivity index (χ2n) is 2.30. The van der Waals surface area contributed by atoms with Crippen LogP contribution in [0.4, 0.5) is 0 Å². The first-order valence-electron chi connectivity index (χ1n) is 4.15. The lowest BCUT2D eigenvalue weighted by Crippen LogP contribution is -1.86. The largest absolute Gasteiger partial charge is 0.229 e. The monoisotopic (exact) mass is 202 g/mol. The predicted molar refractivity (Wildman–Crippen MR) is 58.6 cm³/mol. The Morgan fingerprint density at radius 2 is 0.769 bits per heavy atom. The third-order valence-electron chi connectivity index (χ3n) is 0.667. The Morgan fingerprint density at radius 3 is 0.846 bits per heavy atom. The van der Waals surface area contributed by atoms with E-state index in [9.17, 15) is 8.42 Å². The van der Waals surface area contributed by atoms with Gasteiger partial charge in [-0.2, -0.15) is 0 Å². The highest BCUT2D eigenvalue weighted by Crippen LogP contribution is 1.79. The molecule has 0 atom stereocenters. The first-order valence-corrected chi connectivity index (χ1v) is 6.45. The van der Waals surface area contributed by atoms with Crippen molar-refractivity contribution in [2.75, 3.05) is 12.5 Å². The summed E-state index contributed by atoms with van der Waals surface area (Å²) in [6.07, 6.45) is 2.32. The zero-order valence-corrected chi connectivity index (χ0v) is 9.51. The summed E-state index contributed by atoms with van der Waals surface area (Å²) < 4.78 is 19.3. The molecule has 0 heterocycles. The lowest BCUT2D eigenvalue weighted by molar-refractivity contribution is 0.607. The van der Waals surface area contributed by atoms with Crippen LogP contribution in [0.1, 0.15) is 13.8 Å². The van der Waals surface area contributed by atoms with Gasteiger partial charge in [0.2, 0.25) is 0 Å². The molecule has 1 aromatic carbocycles. The maximum absolute atomic E-state index is 9.63. The van der Waals surface area contributed by atoms with Crippen LogP contribution in [-0.4, -0.2) is 20.9 Å². The molecule has 0 fully saturated rings. The van der Waals surface area contributed by atoms with Gasteiger partial charge in [0, 0.05) is 12.5 Å². The van der Waals surface area contributed by atoms with E-state index in [1.54, 1.807) is 0 Å². The Morgan fingerprint density at radius 1 is 0.692 bits per heavy atom. The lowest BCUT2D eigenvalue weighted by atomic mass is 10.4. The molecule has 1 rings (SSSR count). The molecule has 0 aliphatic carbocycles. The van der Waals surface area contributed by atoms with E-state index in [4.69, 9.17) is 0 Å². The molecule has 2 nitrogen and oxygen atoms in total. The van der Waals surface area contributed by atoms with E-state index in [1.807, 2.05) is 50.2 Å². The molecule has 0 bridgehead atoms. The number of sulfone groups is 1. The van der Waals surface area contributed by atoms with Crippen LogP contribution < -0.4 is 0 Å². The highest BCUT2D eigenvalue weighted by Gasteiger charge is 1.79. The molecule has 0 aliphatic heterocycles. The summed E-state index contributed by atoms with van der Waals surface area (Å²) in [7, 11) is -2.67. The van der Waals surface area contributed by atoms with Crippen molar-refractivity contribution in [1.82, 2.24) is 0 Å². The second kappa shape index (κ2) is 9.26. The average Bonchev–Trinajstić information content (AvgIpc) is 2.08. The molecule has 1 aromatic rings. The molecule has 0 saturated heterocycles. The SMILES string of the molecule is CC.CS(C)(=O)=O.c1ccccc1. The van der Waals surface area contributed by atoms with Crippen LogP contribution in [0.2, 0.25) is 0 Å². The molecule has 0 spiro atoms. The van der Waals surface area contributed by atoms with Gasteiger partial charge in [0.15, 0.2) is 0 Å². The fourth-order valence-electron chi connectivity index (χ4n) is 0.385. The van der Waals surface area contributed by atoms with Crippen LogP contribution in [0, 0.1) is 0 Å². The van der Waals surface area contributed by atoms with E-state index in [1.165, 1.54) is 0 Å². The van der Waals surface area contributed by atoms with Crippen molar-refractivity contribution in [2.45, 2.75) is 13.8 Å². The fraction of sp³-hybridized carbons (Fsp3) is 0.400. The molecule has 13 heavy (non-hydrogen) atoms. The van der Waals surface area contributed by atoms with Crippen LogP contribution in [-0.2, 0) is 9.84 Å². The first kappa shape index (κ1) is 14.7. The summed E-state index contributed by atoms with van der Waals surface area (Å²) in [6.45, 7) is 4.00. The van der Waals surface area contributed by atoms with Crippen LogP contribution in [0.25, 0.3) is 0 Å². The smallest absolute Gasteiger partial charge is 0.144 e. The third-order valence-corrected chi connectivity index (χ3v) is 0.667. The van der Waals surface area contributed by atoms with E-state index in [0.29, 0.717) is 0 Å². The fourth-order valence-corrected chi connectivity index (χ4v) is 0.385. The maximum atomic E-state index is 9.63. The molecular weight excluding hydrogens is 184 g/mol. The Hall–Kier alpha value is -0.830. The molecule has 0 radical (unpaired) electrons. The average molecular weight is 202 g/mol. The standard InChI is InChI=1S/C6H6.C2H6O2S.C2H6/c1-2-4-6-5-3-1;1-5(2,3)4;1-2/h1-6H;1-2H3;1-2H3. The Labute approximate surface area is 81.5 Å². The van der Waals surface area contributed by atoms with Gasteiger partial charge in [0.1, 0.15) is 9.84 Å². The summed E-state index contributed by atoms with van der Waals surface area (Å²) >= 11 is 0. The van der Waals surface area contributed by atoms with Crippen molar-refractivity contribution in [2.24, 2.45) is 0 Å². The van der Waals surface area contributed by atoms with Gasteiger partial charge in [0.25, 0.3) is 0 Å². The summed E-state index contributed by atoms with van der Waals surface area (Å²) in [6, 6.07) is 12.0. The van der Waals surface area contributed by atoms with Gasteiger partial charge in [-0.1, -0.05) is 50.2 Å². The van der Waals surface area contributed by atoms with Crippen LogP contribution in [0.15, 0.2) is 36.4 Å². The van der Waals surface area contributed by atoms with Crippen LogP contribution >= 0.6 is 0 Å². The summed E-state index contributed by atoms with van der Waals surface area (Å²) in [5.74, 6) is 0. The highest BCUT2D eigenvalue weighted by atomic mass is 32.2. The van der Waals surface area contributed by atoms with Gasteiger partial charge in [-0.25, -0.2) is 8.42 Å². The van der Waals surface area contributed by atoms with Crippen molar-refractivity contribution in [3.05, 3.63) is 36.4 Å². The zero-order valence-electron chi connectivity index (χ0n) is 8.69. The van der Waals surface area contributed by atoms with Gasteiger partial charge in [-0.05, 0) is 0 Å². The number of hydrogen-bond acceptors (Lipinski definition) is 2. The van der Waals surface area contributed by atoms with Gasteiger partial charge < -0.3 is 0 Å². The van der Waals surface area contributed by atoms with E-state index in [2.05, 4.69) is 0 Å². The number of hydrogen-bond donors (Lipinski definition) is 0. The summed E-state index contributed by atoms with van der Waals surface area (Å²) in [4.78, 5) is 0. The third kappa shape index (κ3) is 35.1. The molecule has 0 aromatic heterocycles. The van der Waals surface area contributed by atoms with Gasteiger partial charge in [-0.3, -0.25) is 0 Å². The minimum absolute atomic E-state index is 1.16. The highest BCUT2D eigenvalue weighted by molar-refractivity contribution is 7.89. The molecule has 3 heteroatoms. The zero-order chi connectivity index (χ0) is 10.7. The van der Waals surface area contributed by atoms with Crippen molar-refractivity contribution >= 4 is 9.84 Å². The lowest BCUT2D eigenvalue weighted by Gasteiger charge is -1.69. The molecule has 0 amide bonds. The summed E-state index contributed by atoms with van der Waals surface area (Å²) in [5, 5.41) is 0. The van der Waals surface area contributed by atoms with Crippen molar-refractivity contribution < 1.29 is 8.42 Å². The Kier molecular flexibility index (Phi) is 10.5. The van der Waals surface area contributed by atoms with E-state index in [-0.39, 0.29) is 0 Å². The summed E-state index contributed by atoms with van der Waals surface area (Å²) in [5.41, 5.74) is 0. The molecule has 0 N–H and O–H groups in total. The van der Waals surface area contributed by atoms with Crippen molar-refractivity contribution in [3.63, 3.8) is 0 Å². The minimum atomic E-state index is -2.67. The van der Waals surface area contributed by atoms with Gasteiger partial charge in [-0.15, -0.1) is 0 Å². The molecule has 76 valence electrons. The minimum Gasteiger partial charge on any atom is -0.229 e. The van der Waals surface area contributed by atoms with Crippen molar-refractivity contribution in [1.29, 1.82) is 0 Å². The Balaban J connectivity index is 0. The molecule has 0 aliphatic rings. The first-order chi connectivity index (χ1) is 6.00. The second-order valence-corrected chi connectivity index (χ2v) is 4.58. The number of benzene rings is 1. The van der Waals surface area contributed by atoms with Gasteiger partial charge >= 0.3 is 0 Å². The quantitative estimate of drug-likeness (QED) is 0.647. The van der Waals surface area contributed by atoms with Crippen LogP contribution in [0.3, 0.4) is 0 Å². The Bertz CT molecular complexity index is 230. The number of rotatable bonds is 0. The van der Waals surface area contributed by atoms with Crippen LogP contribution in [0.5, 0.6) is 0 Å². The van der Waals surface area contributed by atoms with Crippen molar-refractivity contribution in [3.8, 4) is 0 Å².